The Morgan fingerprint density at radius 3 is 2.03 bits per heavy atom. The second-order valence-electron chi connectivity index (χ2n) is 8.28. The molecule has 7 unspecified atom stereocenters. The maximum atomic E-state index is 11.0. The van der Waals surface area contributed by atoms with E-state index in [1.165, 1.54) is 0 Å². The lowest BCUT2D eigenvalue weighted by atomic mass is 9.84. The number of ether oxygens (including phenoxy) is 4. The van der Waals surface area contributed by atoms with Crippen molar-refractivity contribution >= 4 is 0 Å². The minimum atomic E-state index is -1.42. The summed E-state index contributed by atoms with van der Waals surface area (Å²) in [7, 11) is 0. The van der Waals surface area contributed by atoms with Gasteiger partial charge in [-0.25, -0.2) is 0 Å². The maximum absolute atomic E-state index is 11.0. The van der Waals surface area contributed by atoms with Crippen LogP contribution in [0.2, 0.25) is 0 Å². The average Bonchev–Trinajstić information content (AvgIpc) is 2.75. The Labute approximate surface area is 180 Å². The van der Waals surface area contributed by atoms with Gasteiger partial charge in [-0.15, -0.1) is 0 Å². The Morgan fingerprint density at radius 2 is 1.45 bits per heavy atom. The van der Waals surface area contributed by atoms with Gasteiger partial charge in [0.05, 0.1) is 24.8 Å². The van der Waals surface area contributed by atoms with Crippen molar-refractivity contribution < 1.29 is 39.4 Å². The van der Waals surface area contributed by atoms with Gasteiger partial charge in [0.1, 0.15) is 36.6 Å². The predicted octanol–water partition coefficient (Wildman–Crippen LogP) is -5.49. The molecular formula is C18H35N5O8. The summed E-state index contributed by atoms with van der Waals surface area (Å²) in [4.78, 5) is 0. The van der Waals surface area contributed by atoms with E-state index < -0.39 is 80.0 Å². The molecule has 14 N–H and O–H groups in total. The van der Waals surface area contributed by atoms with Gasteiger partial charge in [-0.1, -0.05) is 12.2 Å². The topological polar surface area (TPSA) is 248 Å². The quantitative estimate of drug-likeness (QED) is 0.172. The molecule has 31 heavy (non-hydrogen) atoms. The summed E-state index contributed by atoms with van der Waals surface area (Å²) in [5.41, 5.74) is 29.8. The smallest absolute Gasteiger partial charge is 0.186 e. The van der Waals surface area contributed by atoms with Crippen LogP contribution in [0.5, 0.6) is 0 Å². The van der Waals surface area contributed by atoms with Crippen molar-refractivity contribution in [3.63, 3.8) is 0 Å². The van der Waals surface area contributed by atoms with Crippen molar-refractivity contribution in [1.82, 2.24) is 0 Å². The van der Waals surface area contributed by atoms with Crippen LogP contribution in [0.4, 0.5) is 0 Å². The Morgan fingerprint density at radius 1 is 0.839 bits per heavy atom. The van der Waals surface area contributed by atoms with Crippen LogP contribution >= 0.6 is 0 Å². The highest BCUT2D eigenvalue weighted by Gasteiger charge is 2.49. The lowest BCUT2D eigenvalue weighted by Gasteiger charge is -2.47. The van der Waals surface area contributed by atoms with Gasteiger partial charge in [0.25, 0.3) is 0 Å². The van der Waals surface area contributed by atoms with Crippen molar-refractivity contribution in [2.75, 3.05) is 13.2 Å². The van der Waals surface area contributed by atoms with Gasteiger partial charge >= 0.3 is 0 Å². The molecule has 0 aromatic heterocycles. The van der Waals surface area contributed by atoms with Crippen LogP contribution < -0.4 is 28.7 Å². The van der Waals surface area contributed by atoms with E-state index in [1.54, 1.807) is 12.2 Å². The molecule has 0 spiro atoms. The lowest BCUT2D eigenvalue weighted by Crippen LogP contribution is -2.68. The molecule has 1 saturated heterocycles. The maximum Gasteiger partial charge on any atom is 0.186 e. The fourth-order valence-corrected chi connectivity index (χ4v) is 4.08. The molecule has 0 aromatic carbocycles. The highest BCUT2D eigenvalue weighted by molar-refractivity contribution is 5.05. The molecule has 1 saturated carbocycles. The average molecular weight is 450 g/mol. The van der Waals surface area contributed by atoms with Gasteiger partial charge in [0, 0.05) is 18.6 Å². The minimum Gasteiger partial charge on any atom is -0.394 e. The minimum absolute atomic E-state index is 0.228. The zero-order valence-corrected chi connectivity index (χ0v) is 17.1. The molecule has 0 aromatic rings. The molecule has 1 aliphatic carbocycles. The monoisotopic (exact) mass is 449 g/mol. The van der Waals surface area contributed by atoms with Gasteiger partial charge in [-0.2, -0.15) is 0 Å². The summed E-state index contributed by atoms with van der Waals surface area (Å²) in [6, 6.07) is -3.08. The Kier molecular flexibility index (Phi) is 8.37. The third kappa shape index (κ3) is 5.25. The molecule has 180 valence electrons. The first-order valence-electron chi connectivity index (χ1n) is 10.4. The second-order valence-corrected chi connectivity index (χ2v) is 8.28. The molecule has 3 aliphatic rings. The van der Waals surface area contributed by atoms with Gasteiger partial charge in [0.15, 0.2) is 12.6 Å². The summed E-state index contributed by atoms with van der Waals surface area (Å²) in [6.07, 6.45) is -6.03. The summed E-state index contributed by atoms with van der Waals surface area (Å²) in [5, 5.41) is 40.7. The van der Waals surface area contributed by atoms with Crippen molar-refractivity contribution in [3.05, 3.63) is 12.2 Å². The zero-order chi connectivity index (χ0) is 22.9. The predicted molar refractivity (Wildman–Crippen MR) is 107 cm³/mol. The van der Waals surface area contributed by atoms with E-state index in [9.17, 15) is 20.4 Å². The van der Waals surface area contributed by atoms with Gasteiger partial charge in [-0.05, 0) is 6.42 Å². The van der Waals surface area contributed by atoms with E-state index in [2.05, 4.69) is 0 Å². The van der Waals surface area contributed by atoms with Crippen LogP contribution in [0.3, 0.4) is 0 Å². The molecule has 13 heteroatoms. The van der Waals surface area contributed by atoms with E-state index >= 15 is 0 Å². The molecule has 13 atom stereocenters. The van der Waals surface area contributed by atoms with Crippen molar-refractivity contribution in [2.24, 2.45) is 28.7 Å². The van der Waals surface area contributed by atoms with Crippen LogP contribution in [-0.2, 0) is 18.9 Å². The van der Waals surface area contributed by atoms with E-state index in [1.807, 2.05) is 0 Å². The Balaban J connectivity index is 1.70. The molecule has 2 heterocycles. The van der Waals surface area contributed by atoms with Crippen LogP contribution in [-0.4, -0.2) is 113 Å². The van der Waals surface area contributed by atoms with Crippen LogP contribution in [0.1, 0.15) is 6.42 Å². The largest absolute Gasteiger partial charge is 0.394 e. The van der Waals surface area contributed by atoms with Crippen molar-refractivity contribution in [3.8, 4) is 0 Å². The number of hydrogen-bond acceptors (Lipinski definition) is 13. The van der Waals surface area contributed by atoms with Crippen molar-refractivity contribution in [1.29, 1.82) is 0 Å². The SMILES string of the molecule is NCC1C=CC(N)[C@@H](OC2C(N)CC(N)[C@@H](O[C@@H]3OC(CO)[C@H](O)C(N)[C@@H]3O)[C@H]2O)O1. The molecule has 13 nitrogen and oxygen atoms in total. The number of aliphatic hydroxyl groups excluding tert-OH is 4. The molecule has 0 amide bonds. The number of hydrogen-bond donors (Lipinski definition) is 9. The van der Waals surface area contributed by atoms with E-state index in [4.69, 9.17) is 47.6 Å². The highest BCUT2D eigenvalue weighted by Crippen LogP contribution is 2.29. The lowest BCUT2D eigenvalue weighted by molar-refractivity contribution is -0.311. The fraction of sp³-hybridized carbons (Fsp3) is 0.889. The van der Waals surface area contributed by atoms with Crippen LogP contribution in [0.25, 0.3) is 0 Å². The molecular weight excluding hydrogens is 414 g/mol. The molecule has 2 aliphatic heterocycles. The van der Waals surface area contributed by atoms with E-state index in [0.29, 0.717) is 0 Å². The first kappa shape index (κ1) is 24.9. The number of aliphatic hydroxyl groups is 4. The first-order valence-corrected chi connectivity index (χ1v) is 10.4. The molecule has 0 bridgehead atoms. The first-order chi connectivity index (χ1) is 14.7. The van der Waals surface area contributed by atoms with Gasteiger partial charge in [-0.3, -0.25) is 0 Å². The fourth-order valence-electron chi connectivity index (χ4n) is 4.08. The summed E-state index contributed by atoms with van der Waals surface area (Å²) < 4.78 is 22.8. The zero-order valence-electron chi connectivity index (χ0n) is 17.1. The van der Waals surface area contributed by atoms with Crippen LogP contribution in [0, 0.1) is 0 Å². The Bertz CT molecular complexity index is 615. The molecule has 0 radical (unpaired) electrons. The van der Waals surface area contributed by atoms with Gasteiger partial charge < -0.3 is 68.0 Å². The second kappa shape index (κ2) is 10.4. The number of nitrogens with two attached hydrogens (primary N) is 5. The highest BCUT2D eigenvalue weighted by atomic mass is 16.7. The summed E-state index contributed by atoms with van der Waals surface area (Å²) >= 11 is 0. The van der Waals surface area contributed by atoms with Crippen molar-refractivity contribution in [2.45, 2.75) is 85.9 Å². The van der Waals surface area contributed by atoms with E-state index in [-0.39, 0.29) is 19.1 Å². The number of rotatable bonds is 6. The Hall–Kier alpha value is -0.780. The molecule has 2 fully saturated rings. The van der Waals surface area contributed by atoms with Crippen LogP contribution in [0.15, 0.2) is 12.2 Å². The summed E-state index contributed by atoms with van der Waals surface area (Å²) in [6.45, 7) is -0.307. The summed E-state index contributed by atoms with van der Waals surface area (Å²) in [5.74, 6) is 0. The molecule has 3 rings (SSSR count). The normalized spacial score (nSPS) is 51.1. The third-order valence-electron chi connectivity index (χ3n) is 5.98. The third-order valence-corrected chi connectivity index (χ3v) is 5.98. The van der Waals surface area contributed by atoms with Gasteiger partial charge in [0.2, 0.25) is 0 Å². The van der Waals surface area contributed by atoms with E-state index in [0.717, 1.165) is 0 Å². The standard InChI is InChI=1S/C18H35N5O8/c19-4-6-1-2-7(20)17(28-6)30-15-8(21)3-9(22)16(14(15)27)31-18-13(26)11(23)12(25)10(5-24)29-18/h1-2,6-18,24-27H,3-5,19-23H2/t6?,7?,8?,9?,10?,11?,12-,13-,14-,15?,16+,17+,18-/m0/s1.